The summed E-state index contributed by atoms with van der Waals surface area (Å²) in [5.41, 5.74) is 1.15. The predicted molar refractivity (Wildman–Crippen MR) is 141 cm³/mol. The van der Waals surface area contributed by atoms with Crippen molar-refractivity contribution in [3.05, 3.63) is 77.4 Å². The number of halogens is 2. The molecule has 0 saturated carbocycles. The molecule has 0 aliphatic heterocycles. The van der Waals surface area contributed by atoms with Gasteiger partial charge in [-0.25, -0.2) is 4.39 Å². The molecule has 0 radical (unpaired) electrons. The van der Waals surface area contributed by atoms with E-state index in [1.165, 1.54) is 31.4 Å². The quantitative estimate of drug-likeness (QED) is 0.198. The fourth-order valence-corrected chi connectivity index (χ4v) is 4.07. The number of hydrogen-bond acceptors (Lipinski definition) is 7. The van der Waals surface area contributed by atoms with Crippen LogP contribution in [0.5, 0.6) is 11.5 Å². The normalized spacial score (nSPS) is 10.8. The van der Waals surface area contributed by atoms with E-state index < -0.39 is 5.82 Å². The van der Waals surface area contributed by atoms with E-state index in [4.69, 9.17) is 21.1 Å². The average molecular weight is 546 g/mol. The molecule has 1 aromatic heterocycles. The molecule has 9 nitrogen and oxygen atoms in total. The van der Waals surface area contributed by atoms with Crippen LogP contribution < -0.4 is 20.1 Å². The summed E-state index contributed by atoms with van der Waals surface area (Å²) in [5.74, 6) is 0.471. The van der Waals surface area contributed by atoms with Crippen LogP contribution in [0.4, 0.5) is 10.1 Å². The highest BCUT2D eigenvalue weighted by Gasteiger charge is 2.14. The van der Waals surface area contributed by atoms with Crippen LogP contribution in [0.15, 0.2) is 60.3 Å². The smallest absolute Gasteiger partial charge is 0.244 e. The number of benzene rings is 2. The highest BCUT2D eigenvalue weighted by Crippen LogP contribution is 2.28. The summed E-state index contributed by atoms with van der Waals surface area (Å²) >= 11 is 6.91. The Morgan fingerprint density at radius 1 is 1.16 bits per heavy atom. The molecule has 0 fully saturated rings. The van der Waals surface area contributed by atoms with Gasteiger partial charge in [0.15, 0.2) is 22.5 Å². The molecule has 2 amide bonds. The zero-order valence-corrected chi connectivity index (χ0v) is 21.7. The second-order valence-electron chi connectivity index (χ2n) is 7.43. The average Bonchev–Trinajstić information content (AvgIpc) is 3.28. The molecule has 2 aromatic carbocycles. The van der Waals surface area contributed by atoms with Gasteiger partial charge in [-0.05, 0) is 42.0 Å². The van der Waals surface area contributed by atoms with Gasteiger partial charge in [0.25, 0.3) is 0 Å². The maximum absolute atomic E-state index is 13.3. The minimum absolute atomic E-state index is 0.0324. The van der Waals surface area contributed by atoms with E-state index in [1.54, 1.807) is 42.0 Å². The fraction of sp³-hybridized carbons (Fsp3) is 0.200. The maximum atomic E-state index is 13.3. The molecule has 1 heterocycles. The molecule has 0 aliphatic rings. The second-order valence-corrected chi connectivity index (χ2v) is 8.78. The third-order valence-corrected chi connectivity index (χ3v) is 6.15. The first-order valence-corrected chi connectivity index (χ1v) is 12.3. The number of thioether (sulfide) groups is 1. The van der Waals surface area contributed by atoms with Crippen LogP contribution in [0.2, 0.25) is 5.02 Å². The lowest BCUT2D eigenvalue weighted by Gasteiger charge is -2.09. The first-order valence-electron chi connectivity index (χ1n) is 10.9. The largest absolute Gasteiger partial charge is 0.493 e. The Bertz CT molecular complexity index is 1310. The number of anilines is 1. The standard InChI is InChI=1S/C25H25ClFN5O4S/c1-4-11-32-22(14-28-23(33)10-6-16-5-9-20(35-2)21(12-16)36-3)30-31-25(32)37-15-24(34)29-17-7-8-19(27)18(26)13-17/h4-10,12-13H,1,11,14-15H2,2-3H3,(H,28,33)(H,29,34). The van der Waals surface area contributed by atoms with Crippen molar-refractivity contribution in [2.45, 2.75) is 18.2 Å². The Hall–Kier alpha value is -3.83. The zero-order chi connectivity index (χ0) is 26.8. The number of amides is 2. The molecule has 0 aliphatic carbocycles. The molecular weight excluding hydrogens is 521 g/mol. The van der Waals surface area contributed by atoms with Gasteiger partial charge in [0.2, 0.25) is 11.8 Å². The monoisotopic (exact) mass is 545 g/mol. The van der Waals surface area contributed by atoms with Crippen LogP contribution in [-0.2, 0) is 22.7 Å². The molecule has 12 heteroatoms. The van der Waals surface area contributed by atoms with Gasteiger partial charge in [0.05, 0.1) is 31.5 Å². The molecule has 0 bridgehead atoms. The molecule has 194 valence electrons. The number of allylic oxidation sites excluding steroid dienone is 1. The number of aromatic nitrogens is 3. The predicted octanol–water partition coefficient (Wildman–Crippen LogP) is 4.33. The number of carbonyl (C=O) groups is 2. The Morgan fingerprint density at radius 3 is 2.65 bits per heavy atom. The van der Waals surface area contributed by atoms with Crippen molar-refractivity contribution in [1.82, 2.24) is 20.1 Å². The van der Waals surface area contributed by atoms with Gasteiger partial charge in [-0.2, -0.15) is 0 Å². The first-order chi connectivity index (χ1) is 17.8. The molecule has 3 rings (SSSR count). The lowest BCUT2D eigenvalue weighted by Crippen LogP contribution is -2.23. The third-order valence-electron chi connectivity index (χ3n) is 4.90. The summed E-state index contributed by atoms with van der Waals surface area (Å²) < 4.78 is 25.5. The number of carbonyl (C=O) groups excluding carboxylic acids is 2. The second kappa shape index (κ2) is 13.5. The molecule has 0 saturated heterocycles. The van der Waals surface area contributed by atoms with Crippen LogP contribution in [0.3, 0.4) is 0 Å². The fourth-order valence-electron chi connectivity index (χ4n) is 3.12. The van der Waals surface area contributed by atoms with E-state index >= 15 is 0 Å². The summed E-state index contributed by atoms with van der Waals surface area (Å²) in [4.78, 5) is 24.7. The van der Waals surface area contributed by atoms with Gasteiger partial charge >= 0.3 is 0 Å². The van der Waals surface area contributed by atoms with Crippen molar-refractivity contribution >= 4 is 46.9 Å². The Labute approximate surface area is 222 Å². The van der Waals surface area contributed by atoms with E-state index in [0.717, 1.165) is 17.3 Å². The van der Waals surface area contributed by atoms with E-state index in [2.05, 4.69) is 27.4 Å². The molecule has 37 heavy (non-hydrogen) atoms. The minimum Gasteiger partial charge on any atom is -0.493 e. The van der Waals surface area contributed by atoms with Crippen molar-refractivity contribution in [2.24, 2.45) is 0 Å². The van der Waals surface area contributed by atoms with Crippen LogP contribution in [0, 0.1) is 5.82 Å². The maximum Gasteiger partial charge on any atom is 0.244 e. The summed E-state index contributed by atoms with van der Waals surface area (Å²) in [5, 5.41) is 14.1. The number of methoxy groups -OCH3 is 2. The Morgan fingerprint density at radius 2 is 1.95 bits per heavy atom. The zero-order valence-electron chi connectivity index (χ0n) is 20.2. The number of ether oxygens (including phenoxy) is 2. The molecule has 0 spiro atoms. The van der Waals surface area contributed by atoms with Gasteiger partial charge in [-0.1, -0.05) is 35.5 Å². The molecule has 0 atom stereocenters. The van der Waals surface area contributed by atoms with Crippen molar-refractivity contribution in [2.75, 3.05) is 25.3 Å². The first kappa shape index (κ1) is 27.8. The van der Waals surface area contributed by atoms with Gasteiger partial charge in [-0.3, -0.25) is 9.59 Å². The SMILES string of the molecule is C=CCn1c(CNC(=O)C=Cc2ccc(OC)c(OC)c2)nnc1SCC(=O)Nc1ccc(F)c(Cl)c1. The van der Waals surface area contributed by atoms with Crippen molar-refractivity contribution in [1.29, 1.82) is 0 Å². The van der Waals surface area contributed by atoms with Crippen LogP contribution in [0.25, 0.3) is 6.08 Å². The van der Waals surface area contributed by atoms with E-state index in [9.17, 15) is 14.0 Å². The summed E-state index contributed by atoms with van der Waals surface area (Å²) in [7, 11) is 3.09. The van der Waals surface area contributed by atoms with Crippen molar-refractivity contribution < 1.29 is 23.5 Å². The van der Waals surface area contributed by atoms with Gasteiger partial charge < -0.3 is 24.7 Å². The Kier molecular flexibility index (Phi) is 10.1. The molecule has 0 unspecified atom stereocenters. The lowest BCUT2D eigenvalue weighted by atomic mass is 10.2. The van der Waals surface area contributed by atoms with E-state index in [0.29, 0.717) is 34.7 Å². The molecular formula is C25H25ClFN5O4S. The van der Waals surface area contributed by atoms with E-state index in [1.807, 2.05) is 0 Å². The van der Waals surface area contributed by atoms with Crippen LogP contribution in [0.1, 0.15) is 11.4 Å². The highest BCUT2D eigenvalue weighted by molar-refractivity contribution is 7.99. The Balaban J connectivity index is 1.57. The summed E-state index contributed by atoms with van der Waals surface area (Å²) in [6, 6.07) is 9.24. The van der Waals surface area contributed by atoms with E-state index in [-0.39, 0.29) is 29.1 Å². The molecule has 2 N–H and O–H groups in total. The lowest BCUT2D eigenvalue weighted by molar-refractivity contribution is -0.116. The van der Waals surface area contributed by atoms with Crippen molar-refractivity contribution in [3.8, 4) is 11.5 Å². The summed E-state index contributed by atoms with van der Waals surface area (Å²) in [6.07, 6.45) is 4.72. The van der Waals surface area contributed by atoms with Gasteiger partial charge in [0.1, 0.15) is 5.82 Å². The summed E-state index contributed by atoms with van der Waals surface area (Å²) in [6.45, 7) is 4.25. The minimum atomic E-state index is -0.567. The third kappa shape index (κ3) is 7.83. The van der Waals surface area contributed by atoms with Gasteiger partial charge in [0, 0.05) is 18.3 Å². The number of rotatable bonds is 12. The number of nitrogens with one attached hydrogen (secondary N) is 2. The number of nitrogens with zero attached hydrogens (tertiary/aromatic N) is 3. The number of hydrogen-bond donors (Lipinski definition) is 2. The highest BCUT2D eigenvalue weighted by atomic mass is 35.5. The van der Waals surface area contributed by atoms with Gasteiger partial charge in [-0.15, -0.1) is 16.8 Å². The molecule has 3 aromatic rings. The topological polar surface area (TPSA) is 107 Å². The van der Waals surface area contributed by atoms with Crippen molar-refractivity contribution in [3.63, 3.8) is 0 Å². The van der Waals surface area contributed by atoms with Crippen LogP contribution in [-0.4, -0.2) is 46.6 Å². The van der Waals surface area contributed by atoms with Crippen LogP contribution >= 0.6 is 23.4 Å².